The fourth-order valence-electron chi connectivity index (χ4n) is 1.21. The molecule has 0 aromatic heterocycles. The highest BCUT2D eigenvalue weighted by Crippen LogP contribution is 2.20. The van der Waals surface area contributed by atoms with Gasteiger partial charge in [-0.05, 0) is 6.92 Å². The molecule has 0 aromatic carbocycles. The molecule has 5 heteroatoms. The Balaban J connectivity index is 2.63. The number of methoxy groups -OCH3 is 1. The first-order chi connectivity index (χ1) is 5.57. The van der Waals surface area contributed by atoms with Crippen LogP contribution in [0.4, 0.5) is 0 Å². The molecule has 5 nitrogen and oxygen atoms in total. The number of ether oxygens (including phenoxy) is 2. The van der Waals surface area contributed by atoms with Crippen molar-refractivity contribution in [1.82, 2.24) is 0 Å². The third-order valence-electron chi connectivity index (χ3n) is 2.04. The summed E-state index contributed by atoms with van der Waals surface area (Å²) in [5.41, 5.74) is 0. The molecule has 0 aliphatic carbocycles. The van der Waals surface area contributed by atoms with Gasteiger partial charge in [-0.3, -0.25) is 0 Å². The lowest BCUT2D eigenvalue weighted by atomic mass is 10.0. The smallest absolute Gasteiger partial charge is 0.186 e. The van der Waals surface area contributed by atoms with E-state index in [4.69, 9.17) is 9.47 Å². The molecule has 0 radical (unpaired) electrons. The van der Waals surface area contributed by atoms with Crippen LogP contribution in [0.3, 0.4) is 0 Å². The summed E-state index contributed by atoms with van der Waals surface area (Å²) in [6, 6.07) is 0. The normalized spacial score (nSPS) is 49.2. The van der Waals surface area contributed by atoms with E-state index >= 15 is 0 Å². The summed E-state index contributed by atoms with van der Waals surface area (Å²) in [4.78, 5) is 0. The molecule has 0 unspecified atom stereocenters. The molecular weight excluding hydrogens is 164 g/mol. The highest BCUT2D eigenvalue weighted by atomic mass is 16.7. The molecule has 0 spiro atoms. The average Bonchev–Trinajstić information content (AvgIpc) is 2.08. The van der Waals surface area contributed by atoms with E-state index in [0.717, 1.165) is 0 Å². The zero-order valence-electron chi connectivity index (χ0n) is 7.04. The minimum absolute atomic E-state index is 0.534. The highest BCUT2D eigenvalue weighted by molar-refractivity contribution is 4.86. The molecule has 1 heterocycles. The van der Waals surface area contributed by atoms with Gasteiger partial charge in [-0.2, -0.15) is 0 Å². The summed E-state index contributed by atoms with van der Waals surface area (Å²) in [6.45, 7) is 1.60. The van der Waals surface area contributed by atoms with Crippen LogP contribution in [0.2, 0.25) is 0 Å². The molecule has 0 bridgehead atoms. The minimum Gasteiger partial charge on any atom is -0.388 e. The van der Waals surface area contributed by atoms with Crippen molar-refractivity contribution in [2.24, 2.45) is 0 Å². The summed E-state index contributed by atoms with van der Waals surface area (Å²) in [6.07, 6.45) is -4.86. The lowest BCUT2D eigenvalue weighted by Gasteiger charge is -2.38. The van der Waals surface area contributed by atoms with E-state index in [1.54, 1.807) is 6.92 Å². The molecule has 0 amide bonds. The third kappa shape index (κ3) is 1.60. The first-order valence-corrected chi connectivity index (χ1v) is 3.80. The molecular formula is C7H14O5. The third-order valence-corrected chi connectivity index (χ3v) is 2.04. The maximum atomic E-state index is 9.27. The Labute approximate surface area is 70.5 Å². The van der Waals surface area contributed by atoms with Crippen molar-refractivity contribution in [3.8, 4) is 0 Å². The molecule has 1 saturated heterocycles. The fourth-order valence-corrected chi connectivity index (χ4v) is 1.21. The quantitative estimate of drug-likeness (QED) is 0.453. The van der Waals surface area contributed by atoms with Crippen molar-refractivity contribution in [2.45, 2.75) is 37.6 Å². The maximum absolute atomic E-state index is 9.27. The van der Waals surface area contributed by atoms with Gasteiger partial charge in [0.2, 0.25) is 0 Å². The van der Waals surface area contributed by atoms with Crippen LogP contribution in [-0.2, 0) is 9.47 Å². The van der Waals surface area contributed by atoms with Gasteiger partial charge in [0, 0.05) is 7.11 Å². The summed E-state index contributed by atoms with van der Waals surface area (Å²) in [5.74, 6) is 0. The first kappa shape index (κ1) is 9.88. The number of aliphatic hydroxyl groups is 3. The molecule has 1 fully saturated rings. The molecule has 1 rings (SSSR count). The number of rotatable bonds is 1. The van der Waals surface area contributed by atoms with Crippen molar-refractivity contribution in [3.05, 3.63) is 0 Å². The monoisotopic (exact) mass is 178 g/mol. The second-order valence-electron chi connectivity index (χ2n) is 2.92. The largest absolute Gasteiger partial charge is 0.388 e. The van der Waals surface area contributed by atoms with E-state index in [-0.39, 0.29) is 0 Å². The van der Waals surface area contributed by atoms with Crippen LogP contribution in [0.1, 0.15) is 6.92 Å². The van der Waals surface area contributed by atoms with E-state index in [1.807, 2.05) is 0 Å². The van der Waals surface area contributed by atoms with Crippen LogP contribution in [0.25, 0.3) is 0 Å². The summed E-state index contributed by atoms with van der Waals surface area (Å²) < 4.78 is 9.80. The SMILES string of the molecule is CO[C@@H]1O[C@@H](C)[C@H](O)[C@@H](O)[C@H]1O. The van der Waals surface area contributed by atoms with Crippen molar-refractivity contribution in [1.29, 1.82) is 0 Å². The first-order valence-electron chi connectivity index (χ1n) is 3.80. The molecule has 3 N–H and O–H groups in total. The van der Waals surface area contributed by atoms with Gasteiger partial charge in [0.05, 0.1) is 6.10 Å². The van der Waals surface area contributed by atoms with Crippen molar-refractivity contribution >= 4 is 0 Å². The van der Waals surface area contributed by atoms with Crippen LogP contribution in [0.15, 0.2) is 0 Å². The molecule has 1 aliphatic heterocycles. The number of aliphatic hydroxyl groups excluding tert-OH is 3. The Kier molecular flexibility index (Phi) is 3.03. The lowest BCUT2D eigenvalue weighted by molar-refractivity contribution is -0.286. The van der Waals surface area contributed by atoms with E-state index in [2.05, 4.69) is 0 Å². The zero-order valence-corrected chi connectivity index (χ0v) is 7.04. The Morgan fingerprint density at radius 3 is 2.17 bits per heavy atom. The van der Waals surface area contributed by atoms with Gasteiger partial charge in [0.25, 0.3) is 0 Å². The van der Waals surface area contributed by atoms with Crippen molar-refractivity contribution in [2.75, 3.05) is 7.11 Å². The maximum Gasteiger partial charge on any atom is 0.186 e. The molecule has 12 heavy (non-hydrogen) atoms. The van der Waals surface area contributed by atoms with Crippen molar-refractivity contribution in [3.63, 3.8) is 0 Å². The van der Waals surface area contributed by atoms with E-state index in [0.29, 0.717) is 0 Å². The van der Waals surface area contributed by atoms with Gasteiger partial charge in [-0.15, -0.1) is 0 Å². The van der Waals surface area contributed by atoms with Gasteiger partial charge in [-0.25, -0.2) is 0 Å². The summed E-state index contributed by atoms with van der Waals surface area (Å²) in [7, 11) is 1.37. The van der Waals surface area contributed by atoms with Gasteiger partial charge < -0.3 is 24.8 Å². The van der Waals surface area contributed by atoms with Crippen LogP contribution < -0.4 is 0 Å². The van der Waals surface area contributed by atoms with Crippen LogP contribution in [-0.4, -0.2) is 53.1 Å². The highest BCUT2D eigenvalue weighted by Gasteiger charge is 2.41. The number of hydrogen-bond donors (Lipinski definition) is 3. The second-order valence-corrected chi connectivity index (χ2v) is 2.92. The van der Waals surface area contributed by atoms with Gasteiger partial charge in [-0.1, -0.05) is 0 Å². The minimum atomic E-state index is -1.21. The van der Waals surface area contributed by atoms with Gasteiger partial charge in [0.1, 0.15) is 18.3 Å². The Morgan fingerprint density at radius 2 is 1.67 bits per heavy atom. The van der Waals surface area contributed by atoms with Gasteiger partial charge >= 0.3 is 0 Å². The standard InChI is InChI=1S/C7H14O5/c1-3-4(8)5(9)6(10)7(11-2)12-3/h3-10H,1-2H3/t3-,4-,5+,6+,7+/m0/s1. The summed E-state index contributed by atoms with van der Waals surface area (Å²) >= 11 is 0. The van der Waals surface area contributed by atoms with E-state index in [9.17, 15) is 15.3 Å². The van der Waals surface area contributed by atoms with Crippen LogP contribution in [0.5, 0.6) is 0 Å². The second kappa shape index (κ2) is 3.68. The molecule has 5 atom stereocenters. The fraction of sp³-hybridized carbons (Fsp3) is 1.00. The summed E-state index contributed by atoms with van der Waals surface area (Å²) in [5, 5.41) is 27.8. The number of hydrogen-bond acceptors (Lipinski definition) is 5. The Morgan fingerprint density at radius 1 is 1.08 bits per heavy atom. The van der Waals surface area contributed by atoms with Gasteiger partial charge in [0.15, 0.2) is 6.29 Å². The van der Waals surface area contributed by atoms with Crippen LogP contribution >= 0.6 is 0 Å². The van der Waals surface area contributed by atoms with Crippen molar-refractivity contribution < 1.29 is 24.8 Å². The molecule has 0 aromatic rings. The molecule has 1 aliphatic rings. The topological polar surface area (TPSA) is 79.2 Å². The predicted octanol–water partition coefficient (Wildman–Crippen LogP) is -1.54. The van der Waals surface area contributed by atoms with E-state index in [1.165, 1.54) is 7.11 Å². The zero-order chi connectivity index (χ0) is 9.30. The Bertz CT molecular complexity index is 146. The van der Waals surface area contributed by atoms with Crippen LogP contribution in [0, 0.1) is 0 Å². The van der Waals surface area contributed by atoms with E-state index < -0.39 is 30.7 Å². The Hall–Kier alpha value is -0.200. The molecule has 72 valence electrons. The average molecular weight is 178 g/mol. The molecule has 0 saturated carbocycles. The lowest BCUT2D eigenvalue weighted by Crippen LogP contribution is -2.57. The predicted molar refractivity (Wildman–Crippen MR) is 39.4 cm³/mol.